The molecule has 0 aromatic carbocycles. The molecular weight excluding hydrogens is 330 g/mol. The number of carboxylic acid groups (broad SMARTS) is 1. The van der Waals surface area contributed by atoms with Crippen LogP contribution in [0, 0.1) is 11.8 Å². The van der Waals surface area contributed by atoms with E-state index in [1.165, 1.54) is 11.3 Å². The molecule has 1 amide bonds. The number of rotatable bonds is 6. The van der Waals surface area contributed by atoms with Crippen molar-refractivity contribution in [1.29, 1.82) is 0 Å². The summed E-state index contributed by atoms with van der Waals surface area (Å²) in [4.78, 5) is 36.7. The van der Waals surface area contributed by atoms with Gasteiger partial charge >= 0.3 is 5.97 Å². The zero-order chi connectivity index (χ0) is 17.7. The van der Waals surface area contributed by atoms with Crippen LogP contribution >= 0.6 is 11.3 Å². The Morgan fingerprint density at radius 3 is 2.50 bits per heavy atom. The van der Waals surface area contributed by atoms with E-state index in [2.05, 4.69) is 5.32 Å². The van der Waals surface area contributed by atoms with Gasteiger partial charge in [0, 0.05) is 16.8 Å². The van der Waals surface area contributed by atoms with Gasteiger partial charge in [0.15, 0.2) is 0 Å². The van der Waals surface area contributed by atoms with Crippen molar-refractivity contribution in [2.45, 2.75) is 33.1 Å². The monoisotopic (exact) mass is 350 g/mol. The minimum atomic E-state index is -1.23. The lowest BCUT2D eigenvalue weighted by atomic mass is 9.82. The number of ether oxygens (including phenoxy) is 1. The fourth-order valence-electron chi connectivity index (χ4n) is 2.64. The number of hydrogen-bond acceptors (Lipinski definition) is 6. The van der Waals surface area contributed by atoms with E-state index >= 15 is 0 Å². The highest BCUT2D eigenvalue weighted by atomic mass is 32.1. The minimum Gasteiger partial charge on any atom is -0.550 e. The van der Waals surface area contributed by atoms with E-state index < -0.39 is 29.7 Å². The van der Waals surface area contributed by atoms with Gasteiger partial charge in [0.05, 0.1) is 18.1 Å². The van der Waals surface area contributed by atoms with Crippen LogP contribution < -0.4 is 10.4 Å². The van der Waals surface area contributed by atoms with Crippen LogP contribution in [-0.4, -0.2) is 24.5 Å². The number of carbonyl (C=O) groups is 3. The van der Waals surface area contributed by atoms with Gasteiger partial charge in [-0.2, -0.15) is 0 Å². The number of allylic oxidation sites excluding steroid dienone is 2. The quantitative estimate of drug-likeness (QED) is 0.623. The van der Waals surface area contributed by atoms with Gasteiger partial charge in [-0.15, -0.1) is 11.3 Å². The Morgan fingerprint density at radius 2 is 1.92 bits per heavy atom. The molecule has 1 aromatic rings. The number of esters is 1. The van der Waals surface area contributed by atoms with Crippen molar-refractivity contribution in [3.8, 4) is 0 Å². The molecule has 7 heteroatoms. The molecule has 24 heavy (non-hydrogen) atoms. The third kappa shape index (κ3) is 4.03. The zero-order valence-electron chi connectivity index (χ0n) is 13.7. The number of carbonyl (C=O) groups excluding carboxylic acids is 3. The van der Waals surface area contributed by atoms with Crippen molar-refractivity contribution < 1.29 is 24.2 Å². The van der Waals surface area contributed by atoms with Crippen molar-refractivity contribution in [2.75, 3.05) is 11.9 Å². The standard InChI is InChI=1S/C17H21NO5S/c1-3-10-9-13(17(22)23-4-2)15(24-10)18-14(19)11-7-5-6-8-12(11)16(20)21/h5-6,9,11-12H,3-4,7-8H2,1-2H3,(H,18,19)(H,20,21)/p-1/t11-,12-/m1/s1. The molecule has 130 valence electrons. The lowest BCUT2D eigenvalue weighted by molar-refractivity contribution is -0.313. The molecule has 1 aliphatic carbocycles. The summed E-state index contributed by atoms with van der Waals surface area (Å²) in [6.45, 7) is 3.90. The maximum absolute atomic E-state index is 12.5. The first-order valence-corrected chi connectivity index (χ1v) is 8.76. The van der Waals surface area contributed by atoms with E-state index in [4.69, 9.17) is 4.74 Å². The molecule has 1 heterocycles. The maximum atomic E-state index is 12.5. The topological polar surface area (TPSA) is 95.5 Å². The molecule has 0 radical (unpaired) electrons. The summed E-state index contributed by atoms with van der Waals surface area (Å²) < 4.78 is 5.01. The minimum absolute atomic E-state index is 0.240. The lowest BCUT2D eigenvalue weighted by Crippen LogP contribution is -2.41. The number of aliphatic carboxylic acids is 1. The van der Waals surface area contributed by atoms with Crippen molar-refractivity contribution in [3.05, 3.63) is 28.7 Å². The van der Waals surface area contributed by atoms with E-state index in [-0.39, 0.29) is 13.0 Å². The predicted octanol–water partition coefficient (Wildman–Crippen LogP) is 1.76. The molecular formula is C17H20NO5S-. The van der Waals surface area contributed by atoms with Crippen molar-refractivity contribution in [3.63, 3.8) is 0 Å². The molecule has 1 N–H and O–H groups in total. The van der Waals surface area contributed by atoms with Gasteiger partial charge in [0.1, 0.15) is 5.00 Å². The summed E-state index contributed by atoms with van der Waals surface area (Å²) in [5.74, 6) is -3.70. The van der Waals surface area contributed by atoms with Gasteiger partial charge in [0.25, 0.3) is 0 Å². The van der Waals surface area contributed by atoms with Gasteiger partial charge in [-0.3, -0.25) is 4.79 Å². The van der Waals surface area contributed by atoms with Crippen molar-refractivity contribution in [1.82, 2.24) is 0 Å². The number of amides is 1. The summed E-state index contributed by atoms with van der Waals surface area (Å²) in [5, 5.41) is 14.4. The fraction of sp³-hybridized carbons (Fsp3) is 0.471. The number of thiophene rings is 1. The number of anilines is 1. The Labute approximate surface area is 144 Å². The van der Waals surface area contributed by atoms with E-state index in [9.17, 15) is 19.5 Å². The smallest absolute Gasteiger partial charge is 0.341 e. The number of nitrogens with one attached hydrogen (secondary N) is 1. The normalized spacial score (nSPS) is 19.8. The second-order valence-corrected chi connectivity index (χ2v) is 6.63. The molecule has 1 aromatic heterocycles. The summed E-state index contributed by atoms with van der Waals surface area (Å²) in [5.41, 5.74) is 0.309. The van der Waals surface area contributed by atoms with Crippen molar-refractivity contribution in [2.24, 2.45) is 11.8 Å². The summed E-state index contributed by atoms with van der Waals surface area (Å²) in [7, 11) is 0. The Bertz CT molecular complexity index is 664. The van der Waals surface area contributed by atoms with Gasteiger partial charge in [-0.05, 0) is 32.3 Å². The number of carboxylic acids is 1. The fourth-order valence-corrected chi connectivity index (χ4v) is 3.63. The highest BCUT2D eigenvalue weighted by Gasteiger charge is 2.31. The maximum Gasteiger partial charge on any atom is 0.341 e. The molecule has 2 atom stereocenters. The van der Waals surface area contributed by atoms with Gasteiger partial charge in [0.2, 0.25) is 5.91 Å². The molecule has 2 rings (SSSR count). The SMILES string of the molecule is CCOC(=O)c1cc(CC)sc1NC(=O)[C@@H]1CC=CC[C@H]1C(=O)[O-]. The van der Waals surface area contributed by atoms with Gasteiger partial charge in [-0.25, -0.2) is 4.79 Å². The lowest BCUT2D eigenvalue weighted by Gasteiger charge is -2.28. The van der Waals surface area contributed by atoms with E-state index in [1.54, 1.807) is 25.1 Å². The Balaban J connectivity index is 2.21. The van der Waals surface area contributed by atoms with Crippen LogP contribution in [0.5, 0.6) is 0 Å². The molecule has 0 bridgehead atoms. The number of aryl methyl sites for hydroxylation is 1. The third-order valence-electron chi connectivity index (χ3n) is 3.94. The molecule has 0 unspecified atom stereocenters. The van der Waals surface area contributed by atoms with Crippen LogP contribution in [0.2, 0.25) is 0 Å². The van der Waals surface area contributed by atoms with Crippen LogP contribution in [0.25, 0.3) is 0 Å². The molecule has 0 saturated carbocycles. The third-order valence-corrected chi connectivity index (χ3v) is 5.13. The molecule has 0 spiro atoms. The highest BCUT2D eigenvalue weighted by molar-refractivity contribution is 7.16. The van der Waals surface area contributed by atoms with E-state index in [0.29, 0.717) is 17.0 Å². The first-order valence-electron chi connectivity index (χ1n) is 7.94. The summed E-state index contributed by atoms with van der Waals surface area (Å²) in [6.07, 6.45) is 4.87. The second kappa shape index (κ2) is 8.10. The number of hydrogen-bond donors (Lipinski definition) is 1. The van der Waals surface area contributed by atoms with Gasteiger partial charge in [-0.1, -0.05) is 19.1 Å². The molecule has 0 aliphatic heterocycles. The molecule has 0 fully saturated rings. The average molecular weight is 350 g/mol. The Kier molecular flexibility index (Phi) is 6.14. The molecule has 0 saturated heterocycles. The average Bonchev–Trinajstić information content (AvgIpc) is 2.98. The van der Waals surface area contributed by atoms with Crippen LogP contribution in [-0.2, 0) is 20.7 Å². The largest absolute Gasteiger partial charge is 0.550 e. The first-order chi connectivity index (χ1) is 11.5. The molecule has 1 aliphatic rings. The molecule has 6 nitrogen and oxygen atoms in total. The summed E-state index contributed by atoms with van der Waals surface area (Å²) >= 11 is 1.30. The van der Waals surface area contributed by atoms with E-state index in [0.717, 1.165) is 11.3 Å². The summed E-state index contributed by atoms with van der Waals surface area (Å²) in [6, 6.07) is 1.70. The Morgan fingerprint density at radius 1 is 1.25 bits per heavy atom. The van der Waals surface area contributed by atoms with Crippen molar-refractivity contribution >= 4 is 34.2 Å². The van der Waals surface area contributed by atoms with Gasteiger partial charge < -0.3 is 20.0 Å². The van der Waals surface area contributed by atoms with Crippen LogP contribution in [0.4, 0.5) is 5.00 Å². The highest BCUT2D eigenvalue weighted by Crippen LogP contribution is 2.32. The van der Waals surface area contributed by atoms with E-state index in [1.807, 2.05) is 6.92 Å². The van der Waals surface area contributed by atoms with Crippen LogP contribution in [0.15, 0.2) is 18.2 Å². The predicted molar refractivity (Wildman–Crippen MR) is 88.6 cm³/mol. The zero-order valence-corrected chi connectivity index (χ0v) is 14.5. The second-order valence-electron chi connectivity index (χ2n) is 5.49. The first kappa shape index (κ1) is 18.2. The Hall–Kier alpha value is -2.15. The van der Waals surface area contributed by atoms with Crippen LogP contribution in [0.1, 0.15) is 41.9 Å². The van der Waals surface area contributed by atoms with Crippen LogP contribution in [0.3, 0.4) is 0 Å².